The van der Waals surface area contributed by atoms with Crippen LogP contribution in [-0.4, -0.2) is 16.6 Å². The molecular formula is C15H19N3OS2. The number of benzene rings is 1. The van der Waals surface area contributed by atoms with Gasteiger partial charge in [-0.3, -0.25) is 4.79 Å². The van der Waals surface area contributed by atoms with Gasteiger partial charge in [0.2, 0.25) is 5.91 Å². The topological polar surface area (TPSA) is 68.0 Å². The highest BCUT2D eigenvalue weighted by Crippen LogP contribution is 2.30. The quantitative estimate of drug-likeness (QED) is 0.796. The Kier molecular flexibility index (Phi) is 5.64. The van der Waals surface area contributed by atoms with Gasteiger partial charge in [-0.05, 0) is 31.0 Å². The average Bonchev–Trinajstić information content (AvgIpc) is 2.77. The van der Waals surface area contributed by atoms with E-state index in [1.807, 2.05) is 19.1 Å². The first-order chi connectivity index (χ1) is 10.1. The number of thioether (sulfide) groups is 1. The van der Waals surface area contributed by atoms with Crippen molar-refractivity contribution in [1.29, 1.82) is 0 Å². The minimum atomic E-state index is -0.0189. The summed E-state index contributed by atoms with van der Waals surface area (Å²) in [5.41, 5.74) is 8.66. The largest absolute Gasteiger partial charge is 0.375 e. The van der Waals surface area contributed by atoms with Gasteiger partial charge in [-0.15, -0.1) is 11.8 Å². The van der Waals surface area contributed by atoms with Crippen LogP contribution < -0.4 is 11.1 Å². The molecule has 3 N–H and O–H groups in total. The molecule has 0 fully saturated rings. The second-order valence-corrected chi connectivity index (χ2v) is 6.98. The Hall–Kier alpha value is -1.53. The van der Waals surface area contributed by atoms with Crippen LogP contribution >= 0.6 is 23.1 Å². The predicted octanol–water partition coefficient (Wildman–Crippen LogP) is 3.72. The van der Waals surface area contributed by atoms with E-state index in [0.29, 0.717) is 10.9 Å². The maximum atomic E-state index is 11.9. The van der Waals surface area contributed by atoms with Gasteiger partial charge in [0.25, 0.3) is 0 Å². The highest BCUT2D eigenvalue weighted by Gasteiger charge is 2.09. The molecule has 2 aromatic rings. The summed E-state index contributed by atoms with van der Waals surface area (Å²) in [6.07, 6.45) is 2.19. The maximum absolute atomic E-state index is 11.9. The van der Waals surface area contributed by atoms with Crippen molar-refractivity contribution in [3.8, 4) is 0 Å². The summed E-state index contributed by atoms with van der Waals surface area (Å²) in [4.78, 5) is 16.1. The number of anilines is 2. The van der Waals surface area contributed by atoms with Crippen molar-refractivity contribution in [2.45, 2.75) is 30.9 Å². The van der Waals surface area contributed by atoms with Crippen LogP contribution in [0, 0.1) is 6.92 Å². The number of hydrogen-bond acceptors (Lipinski definition) is 5. The predicted molar refractivity (Wildman–Crippen MR) is 91.1 cm³/mol. The molecular weight excluding hydrogens is 302 g/mol. The van der Waals surface area contributed by atoms with Gasteiger partial charge in [0.05, 0.1) is 15.7 Å². The summed E-state index contributed by atoms with van der Waals surface area (Å²) in [5, 5.41) is 3.44. The van der Waals surface area contributed by atoms with Crippen molar-refractivity contribution in [3.63, 3.8) is 0 Å². The lowest BCUT2D eigenvalue weighted by Crippen LogP contribution is -2.13. The Bertz CT molecular complexity index is 608. The number of nitrogens with two attached hydrogens (primary N) is 1. The van der Waals surface area contributed by atoms with E-state index in [0.717, 1.165) is 28.4 Å². The normalized spacial score (nSPS) is 10.6. The van der Waals surface area contributed by atoms with Crippen LogP contribution in [0.25, 0.3) is 0 Å². The third-order valence-electron chi connectivity index (χ3n) is 2.88. The van der Waals surface area contributed by atoms with Crippen LogP contribution in [0.4, 0.5) is 10.8 Å². The second kappa shape index (κ2) is 7.47. The fourth-order valence-corrected chi connectivity index (χ4v) is 3.73. The summed E-state index contributed by atoms with van der Waals surface area (Å²) < 4.78 is 1.00. The van der Waals surface area contributed by atoms with Gasteiger partial charge in [0, 0.05) is 5.69 Å². The Morgan fingerprint density at radius 1 is 1.38 bits per heavy atom. The second-order valence-electron chi connectivity index (χ2n) is 4.71. The molecule has 0 aliphatic heterocycles. The van der Waals surface area contributed by atoms with Crippen LogP contribution in [-0.2, 0) is 11.2 Å². The highest BCUT2D eigenvalue weighted by atomic mass is 32.2. The molecule has 6 heteroatoms. The van der Waals surface area contributed by atoms with Crippen LogP contribution in [0.15, 0.2) is 28.5 Å². The Morgan fingerprint density at radius 2 is 2.10 bits per heavy atom. The number of amides is 1. The van der Waals surface area contributed by atoms with Gasteiger partial charge in [0.1, 0.15) is 0 Å². The fraction of sp³-hybridized carbons (Fsp3) is 0.333. The molecule has 0 aliphatic rings. The number of thiazole rings is 1. The number of carbonyl (C=O) groups is 1. The fourth-order valence-electron chi connectivity index (χ4n) is 1.91. The van der Waals surface area contributed by atoms with Crippen molar-refractivity contribution in [1.82, 2.24) is 4.98 Å². The molecule has 0 bridgehead atoms. The summed E-state index contributed by atoms with van der Waals surface area (Å²) >= 11 is 2.89. The minimum absolute atomic E-state index is 0.0189. The van der Waals surface area contributed by atoms with E-state index in [-0.39, 0.29) is 5.91 Å². The van der Waals surface area contributed by atoms with E-state index in [2.05, 4.69) is 29.4 Å². The molecule has 2 rings (SSSR count). The molecule has 112 valence electrons. The van der Waals surface area contributed by atoms with Crippen molar-refractivity contribution >= 4 is 39.8 Å². The molecule has 1 heterocycles. The number of rotatable bonds is 6. The monoisotopic (exact) mass is 321 g/mol. The SMILES string of the molecule is CCCc1ccc(NC(=O)CSc2sc(N)nc2C)cc1. The summed E-state index contributed by atoms with van der Waals surface area (Å²) in [7, 11) is 0. The number of nitrogen functional groups attached to an aromatic ring is 1. The number of nitrogens with zero attached hydrogens (tertiary/aromatic N) is 1. The highest BCUT2D eigenvalue weighted by molar-refractivity contribution is 8.01. The number of aromatic nitrogens is 1. The zero-order chi connectivity index (χ0) is 15.2. The molecule has 0 atom stereocenters. The van der Waals surface area contributed by atoms with Gasteiger partial charge in [-0.25, -0.2) is 4.98 Å². The van der Waals surface area contributed by atoms with E-state index in [1.165, 1.54) is 28.7 Å². The van der Waals surface area contributed by atoms with Crippen LogP contribution in [0.3, 0.4) is 0 Å². The zero-order valence-corrected chi connectivity index (χ0v) is 13.8. The zero-order valence-electron chi connectivity index (χ0n) is 12.2. The standard InChI is InChI=1S/C15H19N3OS2/c1-3-4-11-5-7-12(8-6-11)18-13(19)9-20-14-10(2)17-15(16)21-14/h5-8H,3-4,9H2,1-2H3,(H2,16,17)(H,18,19). The van der Waals surface area contributed by atoms with Crippen LogP contribution in [0.1, 0.15) is 24.6 Å². The van der Waals surface area contributed by atoms with E-state index in [1.54, 1.807) is 0 Å². The van der Waals surface area contributed by atoms with E-state index in [4.69, 9.17) is 5.73 Å². The third-order valence-corrected chi connectivity index (χ3v) is 5.23. The Morgan fingerprint density at radius 3 is 2.67 bits per heavy atom. The van der Waals surface area contributed by atoms with Gasteiger partial charge in [0.15, 0.2) is 5.13 Å². The third kappa shape index (κ3) is 4.75. The number of hydrogen-bond donors (Lipinski definition) is 2. The average molecular weight is 321 g/mol. The Labute approximate surface area is 133 Å². The van der Waals surface area contributed by atoms with Gasteiger partial charge in [-0.2, -0.15) is 0 Å². The number of carbonyl (C=O) groups excluding carboxylic acids is 1. The Balaban J connectivity index is 1.85. The first kappa shape index (κ1) is 15.9. The lowest BCUT2D eigenvalue weighted by Gasteiger charge is -2.06. The minimum Gasteiger partial charge on any atom is -0.375 e. The number of nitrogens with one attached hydrogen (secondary N) is 1. The molecule has 0 spiro atoms. The first-order valence-corrected chi connectivity index (χ1v) is 8.63. The van der Waals surface area contributed by atoms with Crippen LogP contribution in [0.5, 0.6) is 0 Å². The smallest absolute Gasteiger partial charge is 0.234 e. The lowest BCUT2D eigenvalue weighted by atomic mass is 10.1. The van der Waals surface area contributed by atoms with E-state index < -0.39 is 0 Å². The van der Waals surface area contributed by atoms with Crippen molar-refractivity contribution in [3.05, 3.63) is 35.5 Å². The summed E-state index contributed by atoms with van der Waals surface area (Å²) in [5.74, 6) is 0.341. The molecule has 0 saturated carbocycles. The summed E-state index contributed by atoms with van der Waals surface area (Å²) in [6, 6.07) is 8.01. The van der Waals surface area contributed by atoms with Crippen LogP contribution in [0.2, 0.25) is 0 Å². The molecule has 21 heavy (non-hydrogen) atoms. The molecule has 1 amide bonds. The molecule has 4 nitrogen and oxygen atoms in total. The summed E-state index contributed by atoms with van der Waals surface area (Å²) in [6.45, 7) is 4.06. The van der Waals surface area contributed by atoms with Crippen molar-refractivity contribution < 1.29 is 4.79 Å². The molecule has 1 aromatic heterocycles. The molecule has 0 saturated heterocycles. The van der Waals surface area contributed by atoms with Gasteiger partial charge in [-0.1, -0.05) is 36.8 Å². The van der Waals surface area contributed by atoms with E-state index >= 15 is 0 Å². The first-order valence-electron chi connectivity index (χ1n) is 6.83. The molecule has 0 radical (unpaired) electrons. The molecule has 0 unspecified atom stereocenters. The maximum Gasteiger partial charge on any atom is 0.234 e. The van der Waals surface area contributed by atoms with Crippen molar-refractivity contribution in [2.24, 2.45) is 0 Å². The molecule has 1 aromatic carbocycles. The van der Waals surface area contributed by atoms with Gasteiger partial charge < -0.3 is 11.1 Å². The van der Waals surface area contributed by atoms with Crippen molar-refractivity contribution in [2.75, 3.05) is 16.8 Å². The lowest BCUT2D eigenvalue weighted by molar-refractivity contribution is -0.113. The molecule has 0 aliphatic carbocycles. The van der Waals surface area contributed by atoms with E-state index in [9.17, 15) is 4.79 Å². The number of aryl methyl sites for hydroxylation is 2. The van der Waals surface area contributed by atoms with Gasteiger partial charge >= 0.3 is 0 Å².